The van der Waals surface area contributed by atoms with Crippen LogP contribution in [0.3, 0.4) is 0 Å². The van der Waals surface area contributed by atoms with Gasteiger partial charge >= 0.3 is 0 Å². The number of thioether (sulfide) groups is 1. The molecule has 7 heteroatoms. The SMILES string of the molecule is CC(C)C(CNC(=O)CN1C(=O)CSc2ccccc21)N1CCN(C)CC1. The number of carbonyl (C=O) groups excluding carboxylic acids is 2. The summed E-state index contributed by atoms with van der Waals surface area (Å²) < 4.78 is 0. The number of nitrogens with one attached hydrogen (secondary N) is 1. The van der Waals surface area contributed by atoms with Crippen LogP contribution in [0.15, 0.2) is 29.2 Å². The first-order chi connectivity index (χ1) is 13.0. The molecule has 0 bridgehead atoms. The Kier molecular flexibility index (Phi) is 6.78. The Hall–Kier alpha value is -1.57. The molecular formula is C20H30N4O2S. The minimum absolute atomic E-state index is 0.00618. The molecule has 1 N–H and O–H groups in total. The maximum absolute atomic E-state index is 12.6. The molecule has 1 fully saturated rings. The lowest BCUT2D eigenvalue weighted by Gasteiger charge is -2.40. The molecule has 2 heterocycles. The van der Waals surface area contributed by atoms with Crippen LogP contribution in [0.25, 0.3) is 0 Å². The van der Waals surface area contributed by atoms with Crippen molar-refractivity contribution in [2.45, 2.75) is 24.8 Å². The third-order valence-corrected chi connectivity index (χ3v) is 6.44. The average molecular weight is 391 g/mol. The lowest BCUT2D eigenvalue weighted by atomic mass is 10.0. The topological polar surface area (TPSA) is 55.9 Å². The van der Waals surface area contributed by atoms with Gasteiger partial charge in [-0.05, 0) is 25.1 Å². The third kappa shape index (κ3) is 5.03. The monoisotopic (exact) mass is 390 g/mol. The highest BCUT2D eigenvalue weighted by molar-refractivity contribution is 8.00. The molecule has 1 unspecified atom stereocenters. The van der Waals surface area contributed by atoms with Crippen LogP contribution in [-0.4, -0.2) is 79.7 Å². The van der Waals surface area contributed by atoms with E-state index < -0.39 is 0 Å². The van der Waals surface area contributed by atoms with Crippen LogP contribution in [-0.2, 0) is 9.59 Å². The van der Waals surface area contributed by atoms with Crippen molar-refractivity contribution in [3.05, 3.63) is 24.3 Å². The molecule has 2 amide bonds. The van der Waals surface area contributed by atoms with E-state index in [2.05, 4.69) is 36.0 Å². The number of benzene rings is 1. The summed E-state index contributed by atoms with van der Waals surface area (Å²) in [5, 5.41) is 3.08. The molecule has 2 aliphatic rings. The van der Waals surface area contributed by atoms with Crippen molar-refractivity contribution in [1.82, 2.24) is 15.1 Å². The van der Waals surface area contributed by atoms with E-state index in [0.717, 1.165) is 36.8 Å². The van der Waals surface area contributed by atoms with Gasteiger partial charge in [0.25, 0.3) is 0 Å². The second-order valence-corrected chi connectivity index (χ2v) is 8.71. The number of nitrogens with zero attached hydrogens (tertiary/aromatic N) is 3. The number of para-hydroxylation sites is 1. The van der Waals surface area contributed by atoms with E-state index in [1.54, 1.807) is 4.90 Å². The maximum atomic E-state index is 12.6. The number of amides is 2. The Bertz CT molecular complexity index is 674. The molecule has 0 radical (unpaired) electrons. The van der Waals surface area contributed by atoms with Crippen LogP contribution in [0.4, 0.5) is 5.69 Å². The highest BCUT2D eigenvalue weighted by atomic mass is 32.2. The summed E-state index contributed by atoms with van der Waals surface area (Å²) in [6, 6.07) is 8.10. The van der Waals surface area contributed by atoms with Gasteiger partial charge in [0.2, 0.25) is 11.8 Å². The molecule has 0 saturated carbocycles. The number of hydrogen-bond donors (Lipinski definition) is 1. The molecule has 1 aromatic rings. The summed E-state index contributed by atoms with van der Waals surface area (Å²) in [5.41, 5.74) is 0.841. The molecule has 0 spiro atoms. The number of piperazine rings is 1. The molecule has 1 aromatic carbocycles. The number of fused-ring (bicyclic) bond motifs is 1. The van der Waals surface area contributed by atoms with Crippen molar-refractivity contribution in [3.8, 4) is 0 Å². The standard InChI is InChI=1S/C20H30N4O2S/c1-15(2)17(23-10-8-22(3)9-11-23)12-21-19(25)13-24-16-6-4-5-7-18(16)27-14-20(24)26/h4-7,15,17H,8-14H2,1-3H3,(H,21,25). The van der Waals surface area contributed by atoms with Gasteiger partial charge in [-0.1, -0.05) is 26.0 Å². The Balaban J connectivity index is 1.58. The molecule has 0 aliphatic carbocycles. The molecule has 27 heavy (non-hydrogen) atoms. The highest BCUT2D eigenvalue weighted by Crippen LogP contribution is 2.34. The van der Waals surface area contributed by atoms with Crippen molar-refractivity contribution in [2.24, 2.45) is 5.92 Å². The van der Waals surface area contributed by atoms with Gasteiger partial charge in [0.1, 0.15) is 6.54 Å². The van der Waals surface area contributed by atoms with Gasteiger partial charge in [-0.15, -0.1) is 11.8 Å². The second-order valence-electron chi connectivity index (χ2n) is 7.69. The molecule has 0 aromatic heterocycles. The lowest BCUT2D eigenvalue weighted by molar-refractivity contribution is -0.123. The fourth-order valence-corrected chi connectivity index (χ4v) is 4.62. The summed E-state index contributed by atoms with van der Waals surface area (Å²) in [6.07, 6.45) is 0. The second kappa shape index (κ2) is 9.08. The minimum atomic E-state index is -0.0927. The summed E-state index contributed by atoms with van der Waals surface area (Å²) in [4.78, 5) is 32.4. The normalized spacial score (nSPS) is 19.9. The van der Waals surface area contributed by atoms with E-state index in [4.69, 9.17) is 0 Å². The smallest absolute Gasteiger partial charge is 0.240 e. The quantitative estimate of drug-likeness (QED) is 0.798. The molecule has 1 atom stereocenters. The number of anilines is 1. The molecule has 148 valence electrons. The minimum Gasteiger partial charge on any atom is -0.353 e. The number of likely N-dealkylation sites (N-methyl/N-ethyl adjacent to an activating group) is 1. The van der Waals surface area contributed by atoms with Gasteiger partial charge in [0.05, 0.1) is 11.4 Å². The van der Waals surface area contributed by atoms with Crippen LogP contribution < -0.4 is 10.2 Å². The third-order valence-electron chi connectivity index (χ3n) is 5.39. The lowest BCUT2D eigenvalue weighted by Crippen LogP contribution is -2.55. The van der Waals surface area contributed by atoms with Gasteiger partial charge in [0.15, 0.2) is 0 Å². The predicted molar refractivity (Wildman–Crippen MR) is 110 cm³/mol. The van der Waals surface area contributed by atoms with Gasteiger partial charge in [-0.2, -0.15) is 0 Å². The Morgan fingerprint density at radius 3 is 2.59 bits per heavy atom. The Labute approximate surface area is 166 Å². The summed E-state index contributed by atoms with van der Waals surface area (Å²) >= 11 is 1.54. The first-order valence-electron chi connectivity index (χ1n) is 9.67. The van der Waals surface area contributed by atoms with Crippen molar-refractivity contribution in [1.29, 1.82) is 0 Å². The Morgan fingerprint density at radius 2 is 1.89 bits per heavy atom. The van der Waals surface area contributed by atoms with E-state index in [1.165, 1.54) is 11.8 Å². The van der Waals surface area contributed by atoms with Crippen LogP contribution in [0, 0.1) is 5.92 Å². The fourth-order valence-electron chi connectivity index (χ4n) is 3.69. The van der Waals surface area contributed by atoms with Gasteiger partial charge in [-0.25, -0.2) is 0 Å². The first-order valence-corrected chi connectivity index (χ1v) is 10.7. The number of hydrogen-bond acceptors (Lipinski definition) is 5. The first kappa shape index (κ1) is 20.2. The molecule has 6 nitrogen and oxygen atoms in total. The summed E-state index contributed by atoms with van der Waals surface area (Å²) in [6.45, 7) is 9.31. The number of rotatable bonds is 6. The van der Waals surface area contributed by atoms with E-state index in [-0.39, 0.29) is 18.4 Å². The largest absolute Gasteiger partial charge is 0.353 e. The average Bonchev–Trinajstić information content (AvgIpc) is 2.65. The van der Waals surface area contributed by atoms with Crippen LogP contribution in [0.5, 0.6) is 0 Å². The zero-order chi connectivity index (χ0) is 19.4. The predicted octanol–water partition coefficient (Wildman–Crippen LogP) is 1.51. The van der Waals surface area contributed by atoms with Crippen molar-refractivity contribution in [3.63, 3.8) is 0 Å². The van der Waals surface area contributed by atoms with E-state index in [0.29, 0.717) is 24.3 Å². The molecular weight excluding hydrogens is 360 g/mol. The maximum Gasteiger partial charge on any atom is 0.240 e. The van der Waals surface area contributed by atoms with Crippen LogP contribution in [0.1, 0.15) is 13.8 Å². The number of carbonyl (C=O) groups is 2. The fraction of sp³-hybridized carbons (Fsp3) is 0.600. The Morgan fingerprint density at radius 1 is 1.19 bits per heavy atom. The summed E-state index contributed by atoms with van der Waals surface area (Å²) in [5.74, 6) is 0.751. The zero-order valence-electron chi connectivity index (χ0n) is 16.5. The van der Waals surface area contributed by atoms with Crippen LogP contribution in [0.2, 0.25) is 0 Å². The van der Waals surface area contributed by atoms with Gasteiger partial charge in [-0.3, -0.25) is 14.5 Å². The molecule has 2 aliphatic heterocycles. The van der Waals surface area contributed by atoms with Crippen LogP contribution >= 0.6 is 11.8 Å². The van der Waals surface area contributed by atoms with Gasteiger partial charge < -0.3 is 15.1 Å². The van der Waals surface area contributed by atoms with Crippen molar-refractivity contribution in [2.75, 3.05) is 57.0 Å². The molecule has 1 saturated heterocycles. The van der Waals surface area contributed by atoms with Crippen molar-refractivity contribution >= 4 is 29.3 Å². The zero-order valence-corrected chi connectivity index (χ0v) is 17.3. The van der Waals surface area contributed by atoms with E-state index >= 15 is 0 Å². The summed E-state index contributed by atoms with van der Waals surface area (Å²) in [7, 11) is 2.15. The van der Waals surface area contributed by atoms with Gasteiger partial charge in [0, 0.05) is 43.7 Å². The van der Waals surface area contributed by atoms with E-state index in [1.807, 2.05) is 24.3 Å². The highest BCUT2D eigenvalue weighted by Gasteiger charge is 2.28. The molecule has 3 rings (SSSR count). The van der Waals surface area contributed by atoms with Crippen molar-refractivity contribution < 1.29 is 9.59 Å². The van der Waals surface area contributed by atoms with E-state index in [9.17, 15) is 9.59 Å².